The lowest BCUT2D eigenvalue weighted by atomic mass is 9.49. The van der Waals surface area contributed by atoms with E-state index in [1.54, 1.807) is 0 Å². The van der Waals surface area contributed by atoms with Crippen LogP contribution in [0.2, 0.25) is 0 Å². The van der Waals surface area contributed by atoms with Gasteiger partial charge in [-0.2, -0.15) is 0 Å². The van der Waals surface area contributed by atoms with E-state index in [9.17, 15) is 9.59 Å². The third kappa shape index (κ3) is 4.02. The van der Waals surface area contributed by atoms with E-state index in [2.05, 4.69) is 10.6 Å². The lowest BCUT2D eigenvalue weighted by molar-refractivity contribution is -0.156. The van der Waals surface area contributed by atoms with Crippen LogP contribution >= 0.6 is 0 Å². The van der Waals surface area contributed by atoms with Crippen LogP contribution in [0.15, 0.2) is 0 Å². The van der Waals surface area contributed by atoms with E-state index < -0.39 is 0 Å². The third-order valence-electron chi connectivity index (χ3n) is 15.1. The predicted molar refractivity (Wildman–Crippen MR) is 156 cm³/mol. The summed E-state index contributed by atoms with van der Waals surface area (Å²) in [5.74, 6) is 8.04. The molecule has 0 heterocycles. The summed E-state index contributed by atoms with van der Waals surface area (Å²) in [6.45, 7) is 0. The van der Waals surface area contributed by atoms with Gasteiger partial charge >= 0.3 is 0 Å². The first kappa shape index (κ1) is 25.4. The second-order valence-corrected chi connectivity index (χ2v) is 17.7. The zero-order valence-electron chi connectivity index (χ0n) is 24.9. The summed E-state index contributed by atoms with van der Waals surface area (Å²) in [5, 5.41) is 7.74. The van der Waals surface area contributed by atoms with Crippen molar-refractivity contribution in [3.05, 3.63) is 0 Å². The Morgan fingerprint density at radius 3 is 0.925 bits per heavy atom. The molecule has 4 unspecified atom stereocenters. The smallest absolute Gasteiger partial charge is 0.224 e. The second kappa shape index (κ2) is 9.22. The highest BCUT2D eigenvalue weighted by molar-refractivity contribution is 5.83. The molecule has 0 spiro atoms. The number of rotatable bonds is 4. The number of fused-ring (bicyclic) bond motifs is 2. The molecule has 8 bridgehead atoms. The fourth-order valence-electron chi connectivity index (χ4n) is 14.8. The first-order chi connectivity index (χ1) is 19.4. The first-order valence-corrected chi connectivity index (χ1v) is 18.1. The summed E-state index contributed by atoms with van der Waals surface area (Å²) in [4.78, 5) is 29.1. The zero-order valence-corrected chi connectivity index (χ0v) is 24.9. The van der Waals surface area contributed by atoms with Gasteiger partial charge in [0.25, 0.3) is 0 Å². The van der Waals surface area contributed by atoms with Gasteiger partial charge in [-0.1, -0.05) is 25.7 Å². The van der Waals surface area contributed by atoms with Crippen molar-refractivity contribution in [2.45, 2.75) is 139 Å². The number of hydrogen-bond donors (Lipinski definition) is 2. The molecule has 11 rings (SSSR count). The van der Waals surface area contributed by atoms with Crippen LogP contribution in [0.3, 0.4) is 0 Å². The Hall–Kier alpha value is -1.06. The Kier molecular flexibility index (Phi) is 5.86. The van der Waals surface area contributed by atoms with Crippen molar-refractivity contribution in [3.8, 4) is 0 Å². The highest BCUT2D eigenvalue weighted by Gasteiger charge is 2.59. The van der Waals surface area contributed by atoms with E-state index in [4.69, 9.17) is 0 Å². The topological polar surface area (TPSA) is 58.2 Å². The molecule has 0 aromatic rings. The van der Waals surface area contributed by atoms with Gasteiger partial charge in [-0.3, -0.25) is 9.59 Å². The summed E-state index contributed by atoms with van der Waals surface area (Å²) in [6, 6.07) is 0. The minimum Gasteiger partial charge on any atom is -0.350 e. The average molecular weight is 547 g/mol. The molecule has 11 aliphatic rings. The van der Waals surface area contributed by atoms with Gasteiger partial charge in [-0.25, -0.2) is 0 Å². The predicted octanol–water partition coefficient (Wildman–Crippen LogP) is 7.02. The molecule has 40 heavy (non-hydrogen) atoms. The van der Waals surface area contributed by atoms with Gasteiger partial charge < -0.3 is 10.6 Å². The van der Waals surface area contributed by atoms with Gasteiger partial charge in [0.1, 0.15) is 0 Å². The van der Waals surface area contributed by atoms with Crippen LogP contribution in [0.25, 0.3) is 0 Å². The van der Waals surface area contributed by atoms with Crippen molar-refractivity contribution >= 4 is 11.8 Å². The molecule has 2 amide bonds. The molecule has 0 aliphatic heterocycles. The van der Waals surface area contributed by atoms with Crippen molar-refractivity contribution in [1.29, 1.82) is 0 Å². The number of amides is 2. The molecule has 0 aromatic heterocycles. The van der Waals surface area contributed by atoms with E-state index in [0.29, 0.717) is 35.5 Å². The summed E-state index contributed by atoms with van der Waals surface area (Å²) < 4.78 is 0. The maximum Gasteiger partial charge on any atom is 0.224 e. The van der Waals surface area contributed by atoms with Gasteiger partial charge in [-0.05, 0) is 162 Å². The van der Waals surface area contributed by atoms with Gasteiger partial charge in [-0.15, -0.1) is 0 Å². The van der Waals surface area contributed by atoms with Crippen LogP contribution in [0.4, 0.5) is 0 Å². The molecular formula is C36H54N2O2. The maximum absolute atomic E-state index is 14.6. The van der Waals surface area contributed by atoms with Gasteiger partial charge in [0.05, 0.1) is 0 Å². The second-order valence-electron chi connectivity index (χ2n) is 17.7. The number of hydrogen-bond acceptors (Lipinski definition) is 2. The quantitative estimate of drug-likeness (QED) is 0.398. The molecule has 11 saturated carbocycles. The molecule has 11 fully saturated rings. The lowest BCUT2D eigenvalue weighted by Crippen LogP contribution is -2.65. The summed E-state index contributed by atoms with van der Waals surface area (Å²) in [5.41, 5.74) is 0.208. The van der Waals surface area contributed by atoms with Crippen LogP contribution in [0.1, 0.15) is 128 Å². The largest absolute Gasteiger partial charge is 0.350 e. The Morgan fingerprint density at radius 1 is 0.425 bits per heavy atom. The maximum atomic E-state index is 14.6. The van der Waals surface area contributed by atoms with E-state index in [1.807, 2.05) is 0 Å². The van der Waals surface area contributed by atoms with Crippen molar-refractivity contribution in [2.75, 3.05) is 0 Å². The summed E-state index contributed by atoms with van der Waals surface area (Å²) >= 11 is 0. The van der Waals surface area contributed by atoms with Gasteiger partial charge in [0.15, 0.2) is 0 Å². The van der Waals surface area contributed by atoms with Crippen molar-refractivity contribution < 1.29 is 9.59 Å². The van der Waals surface area contributed by atoms with Crippen LogP contribution in [-0.4, -0.2) is 22.9 Å². The van der Waals surface area contributed by atoms with E-state index in [0.717, 1.165) is 35.5 Å². The van der Waals surface area contributed by atoms with Gasteiger partial charge in [0, 0.05) is 22.9 Å². The van der Waals surface area contributed by atoms with Crippen LogP contribution in [-0.2, 0) is 9.59 Å². The zero-order chi connectivity index (χ0) is 26.6. The highest BCUT2D eigenvalue weighted by atomic mass is 16.2. The van der Waals surface area contributed by atoms with Crippen LogP contribution < -0.4 is 10.6 Å². The Bertz CT molecular complexity index is 873. The molecule has 4 atom stereocenters. The number of nitrogens with one attached hydrogen (secondary N) is 2. The fraction of sp³-hybridized carbons (Fsp3) is 0.944. The third-order valence-corrected chi connectivity index (χ3v) is 15.1. The van der Waals surface area contributed by atoms with Crippen LogP contribution in [0, 0.1) is 71.0 Å². The minimum absolute atomic E-state index is 0.104. The number of carbonyl (C=O) groups excluding carboxylic acids is 2. The molecule has 4 heteroatoms. The Labute approximate surface area is 242 Å². The Balaban J connectivity index is 0.990. The summed E-state index contributed by atoms with van der Waals surface area (Å²) in [7, 11) is 0. The molecule has 0 aromatic carbocycles. The molecule has 2 N–H and O–H groups in total. The SMILES string of the molecule is O=C(NC12CC3CC(CC(C3)C1)C2)C1C2CCCCC2C(C(=O)NC23CC4CC(CC(C4)C2)C3)C2CCCCC21. The van der Waals surface area contributed by atoms with E-state index in [1.165, 1.54) is 128 Å². The highest BCUT2D eigenvalue weighted by Crippen LogP contribution is 2.60. The average Bonchev–Trinajstić information content (AvgIpc) is 2.89. The Morgan fingerprint density at radius 2 is 0.675 bits per heavy atom. The first-order valence-electron chi connectivity index (χ1n) is 18.1. The monoisotopic (exact) mass is 546 g/mol. The van der Waals surface area contributed by atoms with Crippen molar-refractivity contribution in [2.24, 2.45) is 71.0 Å². The lowest BCUT2D eigenvalue weighted by Gasteiger charge is -2.59. The standard InChI is InChI=1S/C36H54N2O2/c39-33(37-35-15-21-9-22(16-35)11-23(10-21)17-35)31-27-5-1-2-6-28(27)32(30-8-4-3-7-29(30)31)34(40)38-36-18-24-12-25(19-36)14-26(13-24)20-36/h21-32H,1-20H2,(H,37,39)(H,38,40). The van der Waals surface area contributed by atoms with Crippen molar-refractivity contribution in [1.82, 2.24) is 10.6 Å². The van der Waals surface area contributed by atoms with Crippen molar-refractivity contribution in [3.63, 3.8) is 0 Å². The molecule has 220 valence electrons. The minimum atomic E-state index is 0.104. The molecule has 11 aliphatic carbocycles. The molecule has 4 nitrogen and oxygen atoms in total. The molecule has 0 saturated heterocycles. The van der Waals surface area contributed by atoms with Gasteiger partial charge in [0.2, 0.25) is 11.8 Å². The molecular weight excluding hydrogens is 492 g/mol. The normalized spacial score (nSPS) is 55.4. The number of carbonyl (C=O) groups is 2. The fourth-order valence-corrected chi connectivity index (χ4v) is 14.8. The van der Waals surface area contributed by atoms with E-state index in [-0.39, 0.29) is 22.9 Å². The molecule has 0 radical (unpaired) electrons. The van der Waals surface area contributed by atoms with E-state index >= 15 is 0 Å². The summed E-state index contributed by atoms with van der Waals surface area (Å²) in [6.07, 6.45) is 25.7. The van der Waals surface area contributed by atoms with Crippen LogP contribution in [0.5, 0.6) is 0 Å².